The summed E-state index contributed by atoms with van der Waals surface area (Å²) >= 11 is 0. The van der Waals surface area contributed by atoms with Crippen LogP contribution in [0, 0.1) is 0 Å². The molecule has 0 radical (unpaired) electrons. The standard InChI is InChI=1S/C32H34N2O6/c1-4-6-15-39-26-10-7-22(18-27(26)38-5-2)29-28(30(35)23-8-9-25-24(17-23)16-20(3)40-25)31(36)32(37)34(29)19-21-11-13-33-14-12-21/h7-14,17-18,20,29,35H,4-6,15-16,19H2,1-3H3/b30-28+/t20-,29-/m0/s1. The highest BCUT2D eigenvalue weighted by atomic mass is 16.5. The molecule has 40 heavy (non-hydrogen) atoms. The summed E-state index contributed by atoms with van der Waals surface area (Å²) in [5.74, 6) is 0.251. The predicted octanol–water partition coefficient (Wildman–Crippen LogP) is 5.60. The molecular formula is C32H34N2O6. The molecule has 1 N–H and O–H groups in total. The summed E-state index contributed by atoms with van der Waals surface area (Å²) in [5.41, 5.74) is 2.90. The normalized spacial score (nSPS) is 19.4. The number of aliphatic hydroxyl groups excluding tert-OH is 1. The van der Waals surface area contributed by atoms with Crippen LogP contribution in [-0.2, 0) is 22.6 Å². The number of rotatable bonds is 10. The molecule has 0 saturated carbocycles. The lowest BCUT2D eigenvalue weighted by atomic mass is 9.94. The molecule has 3 aromatic rings. The second-order valence-electron chi connectivity index (χ2n) is 10.1. The summed E-state index contributed by atoms with van der Waals surface area (Å²) in [6, 6.07) is 13.5. The molecule has 2 aliphatic heterocycles. The van der Waals surface area contributed by atoms with Crippen molar-refractivity contribution in [2.45, 2.75) is 58.7 Å². The molecule has 3 heterocycles. The van der Waals surface area contributed by atoms with Crippen LogP contribution < -0.4 is 14.2 Å². The van der Waals surface area contributed by atoms with Crippen LogP contribution in [0.15, 0.2) is 66.5 Å². The quantitative estimate of drug-likeness (QED) is 0.154. The maximum Gasteiger partial charge on any atom is 0.295 e. The van der Waals surface area contributed by atoms with Crippen molar-refractivity contribution in [2.24, 2.45) is 0 Å². The second kappa shape index (κ2) is 11.8. The zero-order valence-electron chi connectivity index (χ0n) is 23.1. The Balaban J connectivity index is 1.61. The van der Waals surface area contributed by atoms with Crippen LogP contribution in [0.25, 0.3) is 5.76 Å². The van der Waals surface area contributed by atoms with E-state index in [0.717, 1.165) is 29.7 Å². The van der Waals surface area contributed by atoms with E-state index in [-0.39, 0.29) is 24.0 Å². The van der Waals surface area contributed by atoms with Gasteiger partial charge in [0, 0.05) is 30.9 Å². The van der Waals surface area contributed by atoms with Gasteiger partial charge in [-0.15, -0.1) is 0 Å². The van der Waals surface area contributed by atoms with E-state index in [1.165, 1.54) is 4.90 Å². The number of nitrogens with zero attached hydrogens (tertiary/aromatic N) is 2. The number of ether oxygens (including phenoxy) is 3. The average Bonchev–Trinajstić information content (AvgIpc) is 3.45. The van der Waals surface area contributed by atoms with Gasteiger partial charge in [-0.2, -0.15) is 0 Å². The summed E-state index contributed by atoms with van der Waals surface area (Å²) < 4.78 is 17.7. The van der Waals surface area contributed by atoms with Crippen molar-refractivity contribution in [2.75, 3.05) is 13.2 Å². The molecule has 1 saturated heterocycles. The summed E-state index contributed by atoms with van der Waals surface area (Å²) in [7, 11) is 0. The van der Waals surface area contributed by atoms with Crippen molar-refractivity contribution in [1.29, 1.82) is 0 Å². The minimum atomic E-state index is -0.833. The molecule has 8 heteroatoms. The van der Waals surface area contributed by atoms with Crippen LogP contribution in [0.3, 0.4) is 0 Å². The fourth-order valence-electron chi connectivity index (χ4n) is 5.21. The Morgan fingerprint density at radius 2 is 1.85 bits per heavy atom. The first-order valence-electron chi connectivity index (χ1n) is 13.8. The van der Waals surface area contributed by atoms with Crippen LogP contribution in [0.1, 0.15) is 61.9 Å². The molecule has 2 aliphatic rings. The van der Waals surface area contributed by atoms with Crippen LogP contribution in [0.4, 0.5) is 0 Å². The molecule has 0 bridgehead atoms. The number of aliphatic hydroxyl groups is 1. The number of Topliss-reactive ketones (excluding diaryl/α,β-unsaturated/α-hetero) is 1. The first-order chi connectivity index (χ1) is 19.4. The molecule has 2 aromatic carbocycles. The van der Waals surface area contributed by atoms with Gasteiger partial charge in [-0.25, -0.2) is 0 Å². The van der Waals surface area contributed by atoms with Gasteiger partial charge in [0.05, 0.1) is 24.8 Å². The van der Waals surface area contributed by atoms with E-state index >= 15 is 0 Å². The molecule has 1 amide bonds. The zero-order chi connectivity index (χ0) is 28.2. The highest BCUT2D eigenvalue weighted by molar-refractivity contribution is 6.46. The molecule has 8 nitrogen and oxygen atoms in total. The van der Waals surface area contributed by atoms with Crippen LogP contribution in [-0.4, -0.2) is 46.0 Å². The number of carbonyl (C=O) groups excluding carboxylic acids is 2. The van der Waals surface area contributed by atoms with Crippen LogP contribution in [0.2, 0.25) is 0 Å². The number of benzene rings is 2. The van der Waals surface area contributed by atoms with Gasteiger partial charge in [0.25, 0.3) is 11.7 Å². The third-order valence-corrected chi connectivity index (χ3v) is 7.15. The number of unbranched alkanes of at least 4 members (excludes halogenated alkanes) is 1. The summed E-state index contributed by atoms with van der Waals surface area (Å²) in [6.07, 6.45) is 5.93. The Morgan fingerprint density at radius 3 is 2.60 bits per heavy atom. The fourth-order valence-corrected chi connectivity index (χ4v) is 5.21. The number of hydrogen-bond donors (Lipinski definition) is 1. The zero-order valence-corrected chi connectivity index (χ0v) is 23.1. The Bertz CT molecular complexity index is 1430. The Morgan fingerprint density at radius 1 is 1.05 bits per heavy atom. The number of ketones is 1. The lowest BCUT2D eigenvalue weighted by Gasteiger charge is -2.26. The van der Waals surface area contributed by atoms with Gasteiger partial charge in [0.1, 0.15) is 17.6 Å². The molecule has 1 aromatic heterocycles. The largest absolute Gasteiger partial charge is 0.507 e. The molecule has 0 unspecified atom stereocenters. The van der Waals surface area contributed by atoms with Gasteiger partial charge in [-0.3, -0.25) is 14.6 Å². The lowest BCUT2D eigenvalue weighted by molar-refractivity contribution is -0.140. The van der Waals surface area contributed by atoms with Gasteiger partial charge in [0.2, 0.25) is 0 Å². The molecule has 1 fully saturated rings. The van der Waals surface area contributed by atoms with E-state index in [2.05, 4.69) is 11.9 Å². The van der Waals surface area contributed by atoms with Crippen molar-refractivity contribution in [3.63, 3.8) is 0 Å². The van der Waals surface area contributed by atoms with Crippen molar-refractivity contribution in [1.82, 2.24) is 9.88 Å². The Kier molecular flexibility index (Phi) is 8.05. The molecule has 0 spiro atoms. The van der Waals surface area contributed by atoms with Crippen molar-refractivity contribution >= 4 is 17.4 Å². The number of hydrogen-bond acceptors (Lipinski definition) is 7. The monoisotopic (exact) mass is 542 g/mol. The van der Waals surface area contributed by atoms with Crippen LogP contribution >= 0.6 is 0 Å². The first-order valence-corrected chi connectivity index (χ1v) is 13.8. The molecule has 2 atom stereocenters. The number of amides is 1. The van der Waals surface area contributed by atoms with Crippen molar-refractivity contribution in [3.8, 4) is 17.2 Å². The molecule has 208 valence electrons. The van der Waals surface area contributed by atoms with Gasteiger partial charge in [-0.1, -0.05) is 19.4 Å². The Hall–Kier alpha value is -4.33. The number of likely N-dealkylation sites (tertiary alicyclic amines) is 1. The summed E-state index contributed by atoms with van der Waals surface area (Å²) in [5, 5.41) is 11.6. The number of aromatic nitrogens is 1. The molecule has 0 aliphatic carbocycles. The number of carbonyl (C=O) groups is 2. The number of fused-ring (bicyclic) bond motifs is 1. The highest BCUT2D eigenvalue weighted by Gasteiger charge is 2.46. The second-order valence-corrected chi connectivity index (χ2v) is 10.1. The van der Waals surface area contributed by atoms with E-state index in [1.54, 1.807) is 48.8 Å². The van der Waals surface area contributed by atoms with E-state index in [1.807, 2.05) is 26.0 Å². The van der Waals surface area contributed by atoms with E-state index in [4.69, 9.17) is 14.2 Å². The lowest BCUT2D eigenvalue weighted by Crippen LogP contribution is -2.29. The van der Waals surface area contributed by atoms with E-state index in [9.17, 15) is 14.7 Å². The van der Waals surface area contributed by atoms with Gasteiger partial charge in [0.15, 0.2) is 11.5 Å². The van der Waals surface area contributed by atoms with Gasteiger partial charge >= 0.3 is 0 Å². The van der Waals surface area contributed by atoms with Crippen molar-refractivity contribution in [3.05, 3.63) is 88.8 Å². The minimum absolute atomic E-state index is 0.0352. The van der Waals surface area contributed by atoms with Gasteiger partial charge in [-0.05, 0) is 79.4 Å². The van der Waals surface area contributed by atoms with Gasteiger partial charge < -0.3 is 24.2 Å². The predicted molar refractivity (Wildman–Crippen MR) is 150 cm³/mol. The maximum atomic E-state index is 13.5. The van der Waals surface area contributed by atoms with Crippen molar-refractivity contribution < 1.29 is 28.9 Å². The summed E-state index contributed by atoms with van der Waals surface area (Å²) in [6.45, 7) is 7.10. The third-order valence-electron chi connectivity index (χ3n) is 7.15. The molecule has 5 rings (SSSR count). The maximum absolute atomic E-state index is 13.5. The first kappa shape index (κ1) is 27.2. The average molecular weight is 543 g/mol. The minimum Gasteiger partial charge on any atom is -0.507 e. The topological polar surface area (TPSA) is 98.2 Å². The van der Waals surface area contributed by atoms with Crippen LogP contribution in [0.5, 0.6) is 17.2 Å². The molecular weight excluding hydrogens is 508 g/mol. The summed E-state index contributed by atoms with van der Waals surface area (Å²) in [4.78, 5) is 32.6. The highest BCUT2D eigenvalue weighted by Crippen LogP contribution is 2.43. The Labute approximate surface area is 234 Å². The third kappa shape index (κ3) is 5.39. The smallest absolute Gasteiger partial charge is 0.295 e. The number of pyridine rings is 1. The van der Waals surface area contributed by atoms with E-state index in [0.29, 0.717) is 42.3 Å². The van der Waals surface area contributed by atoms with E-state index < -0.39 is 17.7 Å². The fraction of sp³-hybridized carbons (Fsp3) is 0.344. The SMILES string of the molecule is CCCCOc1ccc([C@H]2/C(=C(\O)c3ccc4c(c3)C[C@H](C)O4)C(=O)C(=O)N2Cc2ccncc2)cc1OCC.